The second kappa shape index (κ2) is 11.0. The standard InChI is InChI=1S/C44H28N4/c45-27-29-17-24-44(48-42-15-7-3-11-37(42)38-12-4-8-16-43(38)48)39(25-29)34-23-20-31(26-32(34)28-46)30-18-21-33(22-19-30)47-40-13-5-1-9-35(40)36-10-2-6-14-41(36)47/h1-16,18-23,25-26H,17,24H2. The number of rotatable bonds is 4. The number of fused-ring (bicyclic) bond motifs is 6. The Morgan fingerprint density at radius 1 is 0.479 bits per heavy atom. The lowest BCUT2D eigenvalue weighted by Gasteiger charge is -2.22. The van der Waals surface area contributed by atoms with Crippen molar-refractivity contribution in [1.82, 2.24) is 9.13 Å². The van der Waals surface area contributed by atoms with Crippen LogP contribution in [0.3, 0.4) is 0 Å². The zero-order chi connectivity index (χ0) is 32.2. The Morgan fingerprint density at radius 3 is 1.50 bits per heavy atom. The van der Waals surface area contributed by atoms with Crippen LogP contribution in [0.25, 0.3) is 71.7 Å². The molecule has 0 unspecified atom stereocenters. The van der Waals surface area contributed by atoms with Crippen LogP contribution in [0.2, 0.25) is 0 Å². The molecular weight excluding hydrogens is 585 g/mol. The lowest BCUT2D eigenvalue weighted by atomic mass is 9.88. The van der Waals surface area contributed by atoms with E-state index in [-0.39, 0.29) is 0 Å². The molecule has 9 rings (SSSR count). The summed E-state index contributed by atoms with van der Waals surface area (Å²) in [6, 6.07) is 53.5. The van der Waals surface area contributed by atoms with Crippen molar-refractivity contribution in [2.24, 2.45) is 0 Å². The average Bonchev–Trinajstić information content (AvgIpc) is 3.67. The Bertz CT molecular complexity index is 2630. The van der Waals surface area contributed by atoms with Gasteiger partial charge in [0.05, 0.1) is 39.8 Å². The SMILES string of the molecule is N#CC1=CC(c2ccc(-c3ccc(-n4c5ccccc5c5ccccc54)cc3)cc2C#N)=C(n2c3ccccc3c3ccccc32)CC1. The molecule has 1 aliphatic carbocycles. The van der Waals surface area contributed by atoms with E-state index in [0.29, 0.717) is 18.4 Å². The van der Waals surface area contributed by atoms with Crippen LogP contribution in [0.4, 0.5) is 0 Å². The van der Waals surface area contributed by atoms with Gasteiger partial charge in [0.25, 0.3) is 0 Å². The van der Waals surface area contributed by atoms with Crippen LogP contribution in [0.15, 0.2) is 151 Å². The number of benzene rings is 6. The predicted molar refractivity (Wildman–Crippen MR) is 196 cm³/mol. The summed E-state index contributed by atoms with van der Waals surface area (Å²) in [6.07, 6.45) is 3.35. The monoisotopic (exact) mass is 612 g/mol. The van der Waals surface area contributed by atoms with Crippen molar-refractivity contribution in [3.05, 3.63) is 162 Å². The summed E-state index contributed by atoms with van der Waals surface area (Å²) in [4.78, 5) is 0. The minimum Gasteiger partial charge on any atom is -0.312 e. The molecule has 0 saturated heterocycles. The Hall–Kier alpha value is -6.62. The van der Waals surface area contributed by atoms with Crippen LogP contribution in [0, 0.1) is 22.7 Å². The zero-order valence-corrected chi connectivity index (χ0v) is 26.1. The van der Waals surface area contributed by atoms with Crippen molar-refractivity contribution in [1.29, 1.82) is 10.5 Å². The molecule has 0 fully saturated rings. The molecular formula is C44H28N4. The average molecular weight is 613 g/mol. The van der Waals surface area contributed by atoms with Gasteiger partial charge in [0.15, 0.2) is 0 Å². The lowest BCUT2D eigenvalue weighted by molar-refractivity contribution is 0.955. The van der Waals surface area contributed by atoms with Crippen LogP contribution in [-0.4, -0.2) is 9.13 Å². The zero-order valence-electron chi connectivity index (χ0n) is 26.1. The van der Waals surface area contributed by atoms with E-state index in [1.807, 2.05) is 12.1 Å². The summed E-state index contributed by atoms with van der Waals surface area (Å²) in [6.45, 7) is 0. The van der Waals surface area contributed by atoms with Crippen LogP contribution in [0.1, 0.15) is 24.0 Å². The topological polar surface area (TPSA) is 57.4 Å². The van der Waals surface area contributed by atoms with Gasteiger partial charge in [-0.05, 0) is 72.5 Å². The van der Waals surface area contributed by atoms with E-state index < -0.39 is 0 Å². The first-order valence-electron chi connectivity index (χ1n) is 16.2. The van der Waals surface area contributed by atoms with Gasteiger partial charge in [-0.15, -0.1) is 0 Å². The van der Waals surface area contributed by atoms with E-state index in [4.69, 9.17) is 0 Å². The highest BCUT2D eigenvalue weighted by molar-refractivity contribution is 6.12. The number of aromatic nitrogens is 2. The summed E-state index contributed by atoms with van der Waals surface area (Å²) in [5, 5.41) is 25.3. The number of hydrogen-bond donors (Lipinski definition) is 0. The van der Waals surface area contributed by atoms with Gasteiger partial charge in [-0.3, -0.25) is 0 Å². The normalized spacial score (nSPS) is 13.2. The summed E-state index contributed by atoms with van der Waals surface area (Å²) in [7, 11) is 0. The van der Waals surface area contributed by atoms with Crippen molar-refractivity contribution >= 4 is 54.9 Å². The maximum atomic E-state index is 10.5. The van der Waals surface area contributed by atoms with Crippen molar-refractivity contribution in [3.63, 3.8) is 0 Å². The number of allylic oxidation sites excluding steroid dienone is 4. The second-order valence-corrected chi connectivity index (χ2v) is 12.3. The Morgan fingerprint density at radius 2 is 0.979 bits per heavy atom. The third kappa shape index (κ3) is 4.21. The number of nitriles is 2. The molecule has 0 N–H and O–H groups in total. The molecule has 4 nitrogen and oxygen atoms in total. The quantitative estimate of drug-likeness (QED) is 0.199. The highest BCUT2D eigenvalue weighted by atomic mass is 15.0. The molecule has 0 saturated carbocycles. The van der Waals surface area contributed by atoms with E-state index in [1.165, 1.54) is 32.6 Å². The molecule has 2 aromatic heterocycles. The van der Waals surface area contributed by atoms with E-state index in [0.717, 1.165) is 50.3 Å². The number of hydrogen-bond acceptors (Lipinski definition) is 2. The summed E-state index contributed by atoms with van der Waals surface area (Å²) < 4.78 is 4.64. The van der Waals surface area contributed by atoms with Crippen LogP contribution >= 0.6 is 0 Å². The Labute approximate surface area is 277 Å². The smallest absolute Gasteiger partial charge is 0.0998 e. The molecule has 0 radical (unpaired) electrons. The minimum absolute atomic E-state index is 0.586. The summed E-state index contributed by atoms with van der Waals surface area (Å²) in [5.41, 5.74) is 11.9. The van der Waals surface area contributed by atoms with Gasteiger partial charge < -0.3 is 9.13 Å². The fraction of sp³-hybridized carbons (Fsp3) is 0.0455. The molecule has 4 heteroatoms. The van der Waals surface area contributed by atoms with E-state index in [9.17, 15) is 10.5 Å². The van der Waals surface area contributed by atoms with Crippen LogP contribution < -0.4 is 0 Å². The minimum atomic E-state index is 0.586. The van der Waals surface area contributed by atoms with Crippen molar-refractivity contribution in [3.8, 4) is 29.0 Å². The lowest BCUT2D eigenvalue weighted by Crippen LogP contribution is -2.06. The van der Waals surface area contributed by atoms with Gasteiger partial charge in [0.2, 0.25) is 0 Å². The molecule has 6 aromatic carbocycles. The van der Waals surface area contributed by atoms with Gasteiger partial charge in [0, 0.05) is 49.6 Å². The molecule has 2 heterocycles. The highest BCUT2D eigenvalue weighted by Gasteiger charge is 2.23. The second-order valence-electron chi connectivity index (χ2n) is 12.3. The van der Waals surface area contributed by atoms with Crippen LogP contribution in [-0.2, 0) is 0 Å². The van der Waals surface area contributed by atoms with Gasteiger partial charge in [-0.2, -0.15) is 10.5 Å². The fourth-order valence-corrected chi connectivity index (χ4v) is 7.54. The van der Waals surface area contributed by atoms with Crippen molar-refractivity contribution in [2.45, 2.75) is 12.8 Å². The Kier molecular flexibility index (Phi) is 6.35. The van der Waals surface area contributed by atoms with E-state index >= 15 is 0 Å². The van der Waals surface area contributed by atoms with Gasteiger partial charge >= 0.3 is 0 Å². The van der Waals surface area contributed by atoms with E-state index in [1.54, 1.807) is 0 Å². The third-order valence-electron chi connectivity index (χ3n) is 9.72. The van der Waals surface area contributed by atoms with Crippen molar-refractivity contribution in [2.75, 3.05) is 0 Å². The molecule has 0 bridgehead atoms. The first-order chi connectivity index (χ1) is 23.7. The summed E-state index contributed by atoms with van der Waals surface area (Å²) >= 11 is 0. The predicted octanol–water partition coefficient (Wildman–Crippen LogP) is 11.0. The highest BCUT2D eigenvalue weighted by Crippen LogP contribution is 2.41. The van der Waals surface area contributed by atoms with Gasteiger partial charge in [0.1, 0.15) is 0 Å². The largest absolute Gasteiger partial charge is 0.312 e. The number of para-hydroxylation sites is 4. The summed E-state index contributed by atoms with van der Waals surface area (Å²) in [5.74, 6) is 0. The molecule has 224 valence electrons. The van der Waals surface area contributed by atoms with E-state index in [2.05, 4.69) is 155 Å². The first-order valence-corrected chi connectivity index (χ1v) is 16.2. The molecule has 0 aliphatic heterocycles. The first kappa shape index (κ1) is 27.7. The molecule has 48 heavy (non-hydrogen) atoms. The molecule has 0 spiro atoms. The van der Waals surface area contributed by atoms with Gasteiger partial charge in [-0.25, -0.2) is 0 Å². The van der Waals surface area contributed by atoms with Crippen molar-refractivity contribution < 1.29 is 0 Å². The van der Waals surface area contributed by atoms with Gasteiger partial charge in [-0.1, -0.05) is 97.1 Å². The van der Waals surface area contributed by atoms with Crippen LogP contribution in [0.5, 0.6) is 0 Å². The molecule has 1 aliphatic rings. The molecule has 0 atom stereocenters. The molecule has 8 aromatic rings. The third-order valence-corrected chi connectivity index (χ3v) is 9.72. The maximum Gasteiger partial charge on any atom is 0.0998 e. The maximum absolute atomic E-state index is 10.5. The number of nitrogens with zero attached hydrogens (tertiary/aromatic N) is 4. The Balaban J connectivity index is 1.17. The fourth-order valence-electron chi connectivity index (χ4n) is 7.54. The molecule has 0 amide bonds.